The summed E-state index contributed by atoms with van der Waals surface area (Å²) in [6, 6.07) is 20.4. The normalized spacial score (nSPS) is 11.9. The highest BCUT2D eigenvalue weighted by atomic mass is 32.2. The van der Waals surface area contributed by atoms with Gasteiger partial charge >= 0.3 is 0 Å². The van der Waals surface area contributed by atoms with Crippen LogP contribution < -0.4 is 11.5 Å². The van der Waals surface area contributed by atoms with E-state index in [0.717, 1.165) is 43.7 Å². The van der Waals surface area contributed by atoms with Crippen molar-refractivity contribution in [3.05, 3.63) is 71.8 Å². The molecule has 0 spiro atoms. The van der Waals surface area contributed by atoms with E-state index in [0.29, 0.717) is 19.5 Å². The predicted molar refractivity (Wildman–Crippen MR) is 125 cm³/mol. The average molecular weight is 414 g/mol. The van der Waals surface area contributed by atoms with E-state index in [1.807, 2.05) is 34.9 Å². The van der Waals surface area contributed by atoms with E-state index in [4.69, 9.17) is 11.5 Å². The molecule has 1 amide bonds. The number of carbonyl (C=O) groups excluding carboxylic acids is 1. The van der Waals surface area contributed by atoms with Gasteiger partial charge in [0.2, 0.25) is 5.91 Å². The van der Waals surface area contributed by atoms with Crippen molar-refractivity contribution in [2.24, 2.45) is 11.5 Å². The van der Waals surface area contributed by atoms with Crippen LogP contribution in [0.3, 0.4) is 0 Å². The van der Waals surface area contributed by atoms with Gasteiger partial charge < -0.3 is 16.4 Å². The van der Waals surface area contributed by atoms with Crippen molar-refractivity contribution in [3.8, 4) is 0 Å². The van der Waals surface area contributed by atoms with Gasteiger partial charge in [-0.3, -0.25) is 4.79 Å². The summed E-state index contributed by atoms with van der Waals surface area (Å²) in [5.74, 6) is 2.10. The standard InChI is InChI=1S/C24H35N3OS/c25-16-7-14-23(26)24(28)27(17-15-22-11-5-2-6-12-22)18-20-29-19-8-13-21-9-3-1-4-10-21/h1-6,9-12,23H,7-8,13-20,25-26H2/t23-/m0/s1. The zero-order valence-electron chi connectivity index (χ0n) is 17.3. The molecule has 5 heteroatoms. The quantitative estimate of drug-likeness (QED) is 0.465. The van der Waals surface area contributed by atoms with Crippen LogP contribution in [0.15, 0.2) is 60.7 Å². The summed E-state index contributed by atoms with van der Waals surface area (Å²) in [5, 5.41) is 0. The number of hydrogen-bond acceptors (Lipinski definition) is 4. The summed E-state index contributed by atoms with van der Waals surface area (Å²) in [6.45, 7) is 2.03. The Morgan fingerprint density at radius 3 is 2.10 bits per heavy atom. The number of nitrogens with zero attached hydrogens (tertiary/aromatic N) is 1. The van der Waals surface area contributed by atoms with E-state index in [2.05, 4.69) is 42.5 Å². The number of rotatable bonds is 14. The highest BCUT2D eigenvalue weighted by molar-refractivity contribution is 7.99. The molecule has 0 radical (unpaired) electrons. The molecule has 1 atom stereocenters. The Morgan fingerprint density at radius 2 is 1.48 bits per heavy atom. The molecule has 0 saturated carbocycles. The minimum absolute atomic E-state index is 0.0549. The lowest BCUT2D eigenvalue weighted by molar-refractivity contribution is -0.132. The molecule has 0 unspecified atom stereocenters. The maximum atomic E-state index is 12.8. The summed E-state index contributed by atoms with van der Waals surface area (Å²) >= 11 is 1.91. The molecular formula is C24H35N3OS. The molecule has 0 aromatic heterocycles. The third-order valence-electron chi connectivity index (χ3n) is 4.96. The van der Waals surface area contributed by atoms with Crippen LogP contribution in [0.25, 0.3) is 0 Å². The predicted octanol–water partition coefficient (Wildman–Crippen LogP) is 3.49. The number of aryl methyl sites for hydroxylation is 1. The van der Waals surface area contributed by atoms with Crippen LogP contribution in [0, 0.1) is 0 Å². The van der Waals surface area contributed by atoms with E-state index < -0.39 is 6.04 Å². The van der Waals surface area contributed by atoms with Crippen LogP contribution in [0.1, 0.15) is 30.4 Å². The Morgan fingerprint density at radius 1 is 0.862 bits per heavy atom. The second kappa shape index (κ2) is 14.2. The van der Waals surface area contributed by atoms with Crippen LogP contribution in [0.4, 0.5) is 0 Å². The van der Waals surface area contributed by atoms with E-state index >= 15 is 0 Å². The second-order valence-electron chi connectivity index (χ2n) is 7.30. The maximum absolute atomic E-state index is 12.8. The maximum Gasteiger partial charge on any atom is 0.239 e. The number of hydrogen-bond donors (Lipinski definition) is 2. The van der Waals surface area contributed by atoms with Gasteiger partial charge in [0.05, 0.1) is 6.04 Å². The summed E-state index contributed by atoms with van der Waals surface area (Å²) in [6.07, 6.45) is 4.56. The van der Waals surface area contributed by atoms with Crippen LogP contribution in [0.2, 0.25) is 0 Å². The lowest BCUT2D eigenvalue weighted by Crippen LogP contribution is -2.45. The Hall–Kier alpha value is -1.82. The van der Waals surface area contributed by atoms with Crippen molar-refractivity contribution < 1.29 is 4.79 Å². The average Bonchev–Trinajstić information content (AvgIpc) is 2.77. The Balaban J connectivity index is 1.76. The fourth-order valence-electron chi connectivity index (χ4n) is 3.24. The van der Waals surface area contributed by atoms with Crippen LogP contribution in [-0.2, 0) is 17.6 Å². The number of thioether (sulfide) groups is 1. The molecule has 0 heterocycles. The van der Waals surface area contributed by atoms with Crippen LogP contribution in [-0.4, -0.2) is 48.0 Å². The molecule has 4 N–H and O–H groups in total. The molecule has 4 nitrogen and oxygen atoms in total. The molecular weight excluding hydrogens is 378 g/mol. The topological polar surface area (TPSA) is 72.3 Å². The van der Waals surface area contributed by atoms with E-state index in [1.54, 1.807) is 0 Å². The summed E-state index contributed by atoms with van der Waals surface area (Å²) in [4.78, 5) is 14.8. The van der Waals surface area contributed by atoms with Crippen molar-refractivity contribution in [3.63, 3.8) is 0 Å². The van der Waals surface area contributed by atoms with Crippen molar-refractivity contribution >= 4 is 17.7 Å². The Labute approximate surface area is 180 Å². The number of carbonyl (C=O) groups is 1. The first kappa shape index (κ1) is 23.5. The lowest BCUT2D eigenvalue weighted by Gasteiger charge is -2.26. The second-order valence-corrected chi connectivity index (χ2v) is 8.52. The summed E-state index contributed by atoms with van der Waals surface area (Å²) in [5.41, 5.74) is 14.3. The van der Waals surface area contributed by atoms with Crippen molar-refractivity contribution in [2.75, 3.05) is 31.1 Å². The van der Waals surface area contributed by atoms with Crippen molar-refractivity contribution in [2.45, 2.75) is 38.1 Å². The first-order chi connectivity index (χ1) is 14.2. The minimum Gasteiger partial charge on any atom is -0.340 e. The van der Waals surface area contributed by atoms with Gasteiger partial charge in [0.1, 0.15) is 0 Å². The molecule has 0 aliphatic heterocycles. The molecule has 2 rings (SSSR count). The van der Waals surface area contributed by atoms with Gasteiger partial charge in [-0.1, -0.05) is 60.7 Å². The van der Waals surface area contributed by atoms with E-state index in [-0.39, 0.29) is 5.91 Å². The number of amides is 1. The monoisotopic (exact) mass is 413 g/mol. The van der Waals surface area contributed by atoms with Crippen molar-refractivity contribution in [1.82, 2.24) is 4.90 Å². The first-order valence-corrected chi connectivity index (χ1v) is 11.8. The van der Waals surface area contributed by atoms with Crippen molar-refractivity contribution in [1.29, 1.82) is 0 Å². The van der Waals surface area contributed by atoms with Gasteiger partial charge in [0.15, 0.2) is 0 Å². The summed E-state index contributed by atoms with van der Waals surface area (Å²) < 4.78 is 0. The third-order valence-corrected chi connectivity index (χ3v) is 6.01. The van der Waals surface area contributed by atoms with E-state index in [9.17, 15) is 4.79 Å². The molecule has 2 aromatic rings. The SMILES string of the molecule is NCCC[C@H](N)C(=O)N(CCSCCCc1ccccc1)CCc1ccccc1. The van der Waals surface area contributed by atoms with Crippen LogP contribution >= 0.6 is 11.8 Å². The highest BCUT2D eigenvalue weighted by Gasteiger charge is 2.20. The van der Waals surface area contributed by atoms with Crippen LogP contribution in [0.5, 0.6) is 0 Å². The molecule has 0 aliphatic carbocycles. The molecule has 0 saturated heterocycles. The lowest BCUT2D eigenvalue weighted by atomic mass is 10.1. The third kappa shape index (κ3) is 9.48. The van der Waals surface area contributed by atoms with E-state index in [1.165, 1.54) is 11.1 Å². The molecule has 158 valence electrons. The fourth-order valence-corrected chi connectivity index (χ4v) is 4.14. The zero-order chi connectivity index (χ0) is 20.7. The Bertz CT molecular complexity index is 681. The molecule has 29 heavy (non-hydrogen) atoms. The van der Waals surface area contributed by atoms with Gasteiger partial charge in [-0.05, 0) is 55.5 Å². The van der Waals surface area contributed by atoms with Gasteiger partial charge in [0, 0.05) is 18.8 Å². The first-order valence-electron chi connectivity index (χ1n) is 10.6. The Kier molecular flexibility index (Phi) is 11.5. The molecule has 0 aliphatic rings. The summed E-state index contributed by atoms with van der Waals surface area (Å²) in [7, 11) is 0. The zero-order valence-corrected chi connectivity index (χ0v) is 18.2. The molecule has 0 fully saturated rings. The smallest absolute Gasteiger partial charge is 0.239 e. The van der Waals surface area contributed by atoms with Gasteiger partial charge in [-0.25, -0.2) is 0 Å². The molecule has 0 bridgehead atoms. The van der Waals surface area contributed by atoms with Gasteiger partial charge in [-0.15, -0.1) is 0 Å². The fraction of sp³-hybridized carbons (Fsp3) is 0.458. The number of benzene rings is 2. The molecule has 2 aromatic carbocycles. The number of nitrogens with two attached hydrogens (primary N) is 2. The largest absolute Gasteiger partial charge is 0.340 e. The minimum atomic E-state index is -0.447. The van der Waals surface area contributed by atoms with Gasteiger partial charge in [-0.2, -0.15) is 11.8 Å². The van der Waals surface area contributed by atoms with Gasteiger partial charge in [0.25, 0.3) is 0 Å². The highest BCUT2D eigenvalue weighted by Crippen LogP contribution is 2.10.